The summed E-state index contributed by atoms with van der Waals surface area (Å²) in [6, 6.07) is 5.50. The molecular weight excluding hydrogens is 215 g/mol. The molecule has 0 saturated heterocycles. The second kappa shape index (κ2) is 5.29. The zero-order valence-corrected chi connectivity index (χ0v) is 9.57. The van der Waals surface area contributed by atoms with E-state index in [-0.39, 0.29) is 0 Å². The highest BCUT2D eigenvalue weighted by Crippen LogP contribution is 2.31. The number of hydrogen-bond donors (Lipinski definition) is 0. The predicted octanol–water partition coefficient (Wildman–Crippen LogP) is 4.51. The molecule has 0 aliphatic carbocycles. The van der Waals surface area contributed by atoms with Crippen molar-refractivity contribution in [2.45, 2.75) is 25.7 Å². The highest BCUT2D eigenvalue weighted by molar-refractivity contribution is 6.33. The van der Waals surface area contributed by atoms with Crippen molar-refractivity contribution in [2.24, 2.45) is 0 Å². The number of terminal acetylenes is 1. The molecule has 0 N–H and O–H groups in total. The maximum atomic E-state index is 6.08. The molecule has 1 aromatic rings. The van der Waals surface area contributed by atoms with Gasteiger partial charge in [0.15, 0.2) is 0 Å². The topological polar surface area (TPSA) is 0 Å². The zero-order valence-electron chi connectivity index (χ0n) is 8.06. The molecule has 0 heterocycles. The van der Waals surface area contributed by atoms with Gasteiger partial charge in [0.05, 0.1) is 0 Å². The molecule has 0 spiro atoms. The van der Waals surface area contributed by atoms with Gasteiger partial charge in [-0.1, -0.05) is 30.1 Å². The van der Waals surface area contributed by atoms with Crippen LogP contribution in [0.5, 0.6) is 0 Å². The molecule has 1 rings (SSSR count). The van der Waals surface area contributed by atoms with Crippen molar-refractivity contribution >= 4 is 23.2 Å². The van der Waals surface area contributed by atoms with Gasteiger partial charge in [0.25, 0.3) is 0 Å². The minimum Gasteiger partial charge on any atom is -0.120 e. The fourth-order valence-corrected chi connectivity index (χ4v) is 1.90. The summed E-state index contributed by atoms with van der Waals surface area (Å²) in [5, 5.41) is 1.45. The largest absolute Gasteiger partial charge is 0.120 e. The summed E-state index contributed by atoms with van der Waals surface area (Å²) in [5.41, 5.74) is 1.06. The van der Waals surface area contributed by atoms with E-state index in [4.69, 9.17) is 29.6 Å². The van der Waals surface area contributed by atoms with Gasteiger partial charge in [-0.3, -0.25) is 0 Å². The summed E-state index contributed by atoms with van der Waals surface area (Å²) in [5.74, 6) is 2.97. The van der Waals surface area contributed by atoms with Gasteiger partial charge in [0.2, 0.25) is 0 Å². The van der Waals surface area contributed by atoms with Gasteiger partial charge in [-0.15, -0.1) is 12.3 Å². The van der Waals surface area contributed by atoms with Gasteiger partial charge >= 0.3 is 0 Å². The molecule has 14 heavy (non-hydrogen) atoms. The van der Waals surface area contributed by atoms with Crippen LogP contribution in [0.3, 0.4) is 0 Å². The fourth-order valence-electron chi connectivity index (χ4n) is 1.44. The maximum absolute atomic E-state index is 6.08. The highest BCUT2D eigenvalue weighted by atomic mass is 35.5. The smallest absolute Gasteiger partial charge is 0.0442 e. The molecule has 0 fully saturated rings. The molecule has 1 unspecified atom stereocenters. The average molecular weight is 227 g/mol. The first kappa shape index (κ1) is 11.4. The monoisotopic (exact) mass is 226 g/mol. The van der Waals surface area contributed by atoms with Crippen molar-refractivity contribution in [3.63, 3.8) is 0 Å². The lowest BCUT2D eigenvalue weighted by atomic mass is 9.93. The molecular formula is C12H12Cl2. The first-order chi connectivity index (χ1) is 6.69. The lowest BCUT2D eigenvalue weighted by Gasteiger charge is -2.14. The Morgan fingerprint density at radius 3 is 2.71 bits per heavy atom. The van der Waals surface area contributed by atoms with Crippen LogP contribution in [-0.4, -0.2) is 0 Å². The number of rotatable bonds is 3. The Kier molecular flexibility index (Phi) is 4.32. The molecule has 0 aliphatic heterocycles. The summed E-state index contributed by atoms with van der Waals surface area (Å²) in [6.07, 6.45) is 6.99. The maximum Gasteiger partial charge on any atom is 0.0442 e. The molecule has 1 aromatic carbocycles. The van der Waals surface area contributed by atoms with E-state index in [1.165, 1.54) is 0 Å². The second-order valence-corrected chi connectivity index (χ2v) is 4.02. The molecule has 0 aliphatic rings. The van der Waals surface area contributed by atoms with Crippen molar-refractivity contribution in [1.29, 1.82) is 0 Å². The van der Waals surface area contributed by atoms with Crippen LogP contribution in [0.2, 0.25) is 10.0 Å². The first-order valence-corrected chi connectivity index (χ1v) is 5.33. The molecule has 0 bridgehead atoms. The Balaban J connectivity index is 3.03. The quantitative estimate of drug-likeness (QED) is 0.666. The third-order valence-electron chi connectivity index (χ3n) is 2.25. The fraction of sp³-hybridized carbons (Fsp3) is 0.333. The Bertz CT molecular complexity index is 350. The van der Waals surface area contributed by atoms with Gasteiger partial charge in [0.1, 0.15) is 0 Å². The third-order valence-corrected chi connectivity index (χ3v) is 2.83. The Morgan fingerprint density at radius 2 is 2.14 bits per heavy atom. The standard InChI is InChI=1S/C12H12Cl2/c1-3-5-9(4-2)11-8-10(13)6-7-12(11)14/h1,6-9H,4-5H2,2H3. The first-order valence-electron chi connectivity index (χ1n) is 4.57. The van der Waals surface area contributed by atoms with Crippen molar-refractivity contribution < 1.29 is 0 Å². The van der Waals surface area contributed by atoms with E-state index in [1.807, 2.05) is 12.1 Å². The second-order valence-electron chi connectivity index (χ2n) is 3.18. The number of halogens is 2. The molecule has 0 aromatic heterocycles. The van der Waals surface area contributed by atoms with Crippen LogP contribution in [0.4, 0.5) is 0 Å². The third kappa shape index (κ3) is 2.67. The molecule has 0 nitrogen and oxygen atoms in total. The summed E-state index contributed by atoms with van der Waals surface area (Å²) in [6.45, 7) is 2.10. The molecule has 0 amide bonds. The van der Waals surface area contributed by atoms with Gasteiger partial charge in [-0.2, -0.15) is 0 Å². The van der Waals surface area contributed by atoms with Crippen LogP contribution in [-0.2, 0) is 0 Å². The van der Waals surface area contributed by atoms with Crippen LogP contribution in [0.15, 0.2) is 18.2 Å². The summed E-state index contributed by atoms with van der Waals surface area (Å²) in [4.78, 5) is 0. The Labute approximate surface area is 95.2 Å². The van der Waals surface area contributed by atoms with Crippen LogP contribution in [0, 0.1) is 12.3 Å². The van der Waals surface area contributed by atoms with Crippen LogP contribution < -0.4 is 0 Å². The average Bonchev–Trinajstić information content (AvgIpc) is 2.18. The van der Waals surface area contributed by atoms with E-state index in [9.17, 15) is 0 Å². The minimum absolute atomic E-state index is 0.311. The van der Waals surface area contributed by atoms with Crippen molar-refractivity contribution in [1.82, 2.24) is 0 Å². The van der Waals surface area contributed by atoms with E-state index in [0.717, 1.165) is 17.0 Å². The normalized spacial score (nSPS) is 12.1. The molecule has 74 valence electrons. The number of hydrogen-bond acceptors (Lipinski definition) is 0. The van der Waals surface area contributed by atoms with Crippen molar-refractivity contribution in [3.05, 3.63) is 33.8 Å². The van der Waals surface area contributed by atoms with E-state index < -0.39 is 0 Å². The molecule has 1 atom stereocenters. The summed E-state index contributed by atoms with van der Waals surface area (Å²) in [7, 11) is 0. The van der Waals surface area contributed by atoms with Crippen molar-refractivity contribution in [3.8, 4) is 12.3 Å². The summed E-state index contributed by atoms with van der Waals surface area (Å²) >= 11 is 12.0. The zero-order chi connectivity index (χ0) is 10.6. The Hall–Kier alpha value is -0.640. The molecule has 2 heteroatoms. The lowest BCUT2D eigenvalue weighted by Crippen LogP contribution is -1.97. The van der Waals surface area contributed by atoms with Gasteiger partial charge in [0, 0.05) is 16.5 Å². The van der Waals surface area contributed by atoms with Crippen molar-refractivity contribution in [2.75, 3.05) is 0 Å². The number of benzene rings is 1. The van der Waals surface area contributed by atoms with E-state index in [0.29, 0.717) is 17.4 Å². The van der Waals surface area contributed by atoms with E-state index in [1.54, 1.807) is 6.07 Å². The van der Waals surface area contributed by atoms with E-state index >= 15 is 0 Å². The van der Waals surface area contributed by atoms with E-state index in [2.05, 4.69) is 12.8 Å². The van der Waals surface area contributed by atoms with Gasteiger partial charge < -0.3 is 0 Å². The highest BCUT2D eigenvalue weighted by Gasteiger charge is 2.12. The summed E-state index contributed by atoms with van der Waals surface area (Å²) < 4.78 is 0. The van der Waals surface area contributed by atoms with Crippen LogP contribution >= 0.6 is 23.2 Å². The molecule has 0 saturated carbocycles. The van der Waals surface area contributed by atoms with Gasteiger partial charge in [-0.25, -0.2) is 0 Å². The van der Waals surface area contributed by atoms with Crippen LogP contribution in [0.1, 0.15) is 31.2 Å². The Morgan fingerprint density at radius 1 is 1.43 bits per heavy atom. The van der Waals surface area contributed by atoms with Crippen LogP contribution in [0.25, 0.3) is 0 Å². The minimum atomic E-state index is 0.311. The predicted molar refractivity (Wildman–Crippen MR) is 62.9 cm³/mol. The molecule has 0 radical (unpaired) electrons. The lowest BCUT2D eigenvalue weighted by molar-refractivity contribution is 0.685. The van der Waals surface area contributed by atoms with Gasteiger partial charge in [-0.05, 0) is 36.1 Å². The SMILES string of the molecule is C#CCC(CC)c1cc(Cl)ccc1Cl.